The summed E-state index contributed by atoms with van der Waals surface area (Å²) in [7, 11) is 3.41. The predicted molar refractivity (Wildman–Crippen MR) is 132 cm³/mol. The van der Waals surface area contributed by atoms with Gasteiger partial charge in [-0.05, 0) is 42.0 Å². The second kappa shape index (κ2) is 8.33. The number of benzene rings is 1. The van der Waals surface area contributed by atoms with Gasteiger partial charge >= 0.3 is 6.03 Å². The summed E-state index contributed by atoms with van der Waals surface area (Å²) in [4.78, 5) is 50.8. The van der Waals surface area contributed by atoms with E-state index < -0.39 is 17.5 Å². The molecule has 0 radical (unpaired) electrons. The second-order valence-corrected chi connectivity index (χ2v) is 8.93. The molecule has 0 spiro atoms. The van der Waals surface area contributed by atoms with Crippen LogP contribution in [-0.2, 0) is 16.9 Å². The average molecular weight is 498 g/mol. The molecule has 11 nitrogen and oxygen atoms in total. The molecule has 1 aromatic carbocycles. The lowest BCUT2D eigenvalue weighted by atomic mass is 9.95. The fourth-order valence-electron chi connectivity index (χ4n) is 4.75. The van der Waals surface area contributed by atoms with Gasteiger partial charge in [-0.15, -0.1) is 0 Å². The van der Waals surface area contributed by atoms with Gasteiger partial charge in [0.15, 0.2) is 11.1 Å². The zero-order chi connectivity index (χ0) is 25.7. The summed E-state index contributed by atoms with van der Waals surface area (Å²) < 4.78 is 11.3. The van der Waals surface area contributed by atoms with E-state index in [1.54, 1.807) is 42.7 Å². The fraction of sp³-hybridized carbons (Fsp3) is 0.192. The molecule has 5 heterocycles. The molecule has 186 valence electrons. The Bertz CT molecular complexity index is 1570. The van der Waals surface area contributed by atoms with E-state index in [2.05, 4.69) is 20.6 Å². The maximum Gasteiger partial charge on any atom is 0.322 e. The molecular formula is C26H22N6O5. The molecule has 2 aliphatic heterocycles. The largest absolute Gasteiger partial charge is 0.497 e. The molecule has 2 aliphatic rings. The number of aromatic nitrogens is 2. The Labute approximate surface area is 211 Å². The minimum absolute atomic E-state index is 0.121. The van der Waals surface area contributed by atoms with Gasteiger partial charge in [0.1, 0.15) is 22.8 Å². The number of nitrogens with one attached hydrogen (secondary N) is 2. The molecular weight excluding hydrogens is 476 g/mol. The van der Waals surface area contributed by atoms with Crippen molar-refractivity contribution in [1.82, 2.24) is 25.5 Å². The number of ether oxygens (including phenoxy) is 1. The van der Waals surface area contributed by atoms with Crippen molar-refractivity contribution in [2.45, 2.75) is 12.1 Å². The number of pyridine rings is 2. The van der Waals surface area contributed by atoms with E-state index in [0.717, 1.165) is 11.3 Å². The monoisotopic (exact) mass is 498 g/mol. The number of carbonyl (C=O) groups excluding carboxylic acids is 3. The molecule has 0 saturated carbocycles. The first-order valence-corrected chi connectivity index (χ1v) is 11.5. The summed E-state index contributed by atoms with van der Waals surface area (Å²) in [5.74, 6) is 0.527. The second-order valence-electron chi connectivity index (χ2n) is 8.93. The van der Waals surface area contributed by atoms with E-state index in [-0.39, 0.29) is 24.8 Å². The van der Waals surface area contributed by atoms with Crippen molar-refractivity contribution < 1.29 is 23.5 Å². The van der Waals surface area contributed by atoms with Crippen LogP contribution in [0.15, 0.2) is 65.3 Å². The molecule has 1 atom stereocenters. The van der Waals surface area contributed by atoms with Crippen LogP contribution in [0.5, 0.6) is 5.75 Å². The van der Waals surface area contributed by atoms with Gasteiger partial charge in [0.05, 0.1) is 13.7 Å². The number of hydrogen-bond donors (Lipinski definition) is 2. The van der Waals surface area contributed by atoms with Crippen molar-refractivity contribution in [3.8, 4) is 5.75 Å². The Morgan fingerprint density at radius 2 is 1.92 bits per heavy atom. The first-order chi connectivity index (χ1) is 17.9. The van der Waals surface area contributed by atoms with Crippen LogP contribution < -0.4 is 20.3 Å². The van der Waals surface area contributed by atoms with E-state index in [4.69, 9.17) is 9.15 Å². The molecule has 6 rings (SSSR count). The fourth-order valence-corrected chi connectivity index (χ4v) is 4.75. The highest BCUT2D eigenvalue weighted by Crippen LogP contribution is 2.35. The Morgan fingerprint density at radius 1 is 1.11 bits per heavy atom. The number of imide groups is 1. The van der Waals surface area contributed by atoms with Crippen LogP contribution in [0, 0.1) is 0 Å². The first kappa shape index (κ1) is 22.5. The lowest BCUT2D eigenvalue weighted by molar-refractivity contribution is -0.125. The van der Waals surface area contributed by atoms with Crippen LogP contribution in [0.1, 0.15) is 21.7 Å². The Kier molecular flexibility index (Phi) is 5.07. The molecule has 2 N–H and O–H groups in total. The van der Waals surface area contributed by atoms with Crippen LogP contribution in [0.25, 0.3) is 11.1 Å². The Morgan fingerprint density at radius 3 is 2.65 bits per heavy atom. The maximum atomic E-state index is 13.2. The van der Waals surface area contributed by atoms with Crippen molar-refractivity contribution in [2.75, 3.05) is 25.6 Å². The Balaban J connectivity index is 1.36. The number of amides is 4. The van der Waals surface area contributed by atoms with Gasteiger partial charge < -0.3 is 24.3 Å². The highest BCUT2D eigenvalue weighted by Gasteiger charge is 2.53. The third kappa shape index (κ3) is 3.63. The number of methoxy groups -OCH3 is 1. The minimum atomic E-state index is -1.61. The van der Waals surface area contributed by atoms with Crippen LogP contribution in [0.2, 0.25) is 0 Å². The minimum Gasteiger partial charge on any atom is -0.497 e. The molecule has 11 heteroatoms. The molecule has 4 aromatic rings. The normalized spacial score (nSPS) is 18.6. The summed E-state index contributed by atoms with van der Waals surface area (Å²) in [6.07, 6.45) is 3.39. The summed E-state index contributed by atoms with van der Waals surface area (Å²) in [5, 5.41) is 4.99. The zero-order valence-electron chi connectivity index (χ0n) is 20.0. The molecule has 1 fully saturated rings. The summed E-state index contributed by atoms with van der Waals surface area (Å²) in [6.45, 7) is 0.159. The van der Waals surface area contributed by atoms with E-state index in [1.807, 2.05) is 30.1 Å². The van der Waals surface area contributed by atoms with Gasteiger partial charge in [-0.2, -0.15) is 0 Å². The molecule has 1 saturated heterocycles. The number of anilines is 2. The predicted octanol–water partition coefficient (Wildman–Crippen LogP) is 2.69. The van der Waals surface area contributed by atoms with Crippen molar-refractivity contribution in [3.63, 3.8) is 0 Å². The number of urea groups is 1. The molecule has 4 amide bonds. The summed E-state index contributed by atoms with van der Waals surface area (Å²) in [6, 6.07) is 13.5. The molecule has 0 bridgehead atoms. The van der Waals surface area contributed by atoms with Crippen LogP contribution in [-0.4, -0.2) is 53.4 Å². The van der Waals surface area contributed by atoms with Crippen molar-refractivity contribution in [3.05, 3.63) is 77.8 Å². The highest BCUT2D eigenvalue weighted by atomic mass is 16.5. The van der Waals surface area contributed by atoms with Crippen LogP contribution in [0.4, 0.5) is 16.3 Å². The molecule has 1 unspecified atom stereocenters. The quantitative estimate of drug-likeness (QED) is 0.388. The smallest absolute Gasteiger partial charge is 0.322 e. The third-order valence-electron chi connectivity index (χ3n) is 6.74. The van der Waals surface area contributed by atoms with Crippen molar-refractivity contribution in [2.24, 2.45) is 0 Å². The number of carbonyl (C=O) groups is 3. The highest BCUT2D eigenvalue weighted by molar-refractivity contribution is 6.08. The van der Waals surface area contributed by atoms with Crippen molar-refractivity contribution in [1.29, 1.82) is 0 Å². The summed E-state index contributed by atoms with van der Waals surface area (Å²) in [5.41, 5.74) is 1.53. The average Bonchev–Trinajstić information content (AvgIpc) is 3.57. The van der Waals surface area contributed by atoms with Crippen LogP contribution >= 0.6 is 0 Å². The van der Waals surface area contributed by atoms with Gasteiger partial charge in [-0.1, -0.05) is 6.07 Å². The zero-order valence-corrected chi connectivity index (χ0v) is 20.0. The van der Waals surface area contributed by atoms with Gasteiger partial charge in [0.2, 0.25) is 0 Å². The van der Waals surface area contributed by atoms with E-state index in [1.165, 1.54) is 12.0 Å². The third-order valence-corrected chi connectivity index (χ3v) is 6.74. The lowest BCUT2D eigenvalue weighted by Crippen LogP contribution is -2.52. The molecule has 37 heavy (non-hydrogen) atoms. The van der Waals surface area contributed by atoms with Crippen molar-refractivity contribution >= 4 is 40.5 Å². The SMILES string of the molecule is COc1ccc2c(c1)C(=O)N(CC1(c3cc4nc(N(C)c5ccncc5)ccc4o3)NC(=O)NC1=O)C2. The van der Waals surface area contributed by atoms with Crippen LogP contribution in [0.3, 0.4) is 0 Å². The maximum absolute atomic E-state index is 13.2. The number of fused-ring (bicyclic) bond motifs is 2. The van der Waals surface area contributed by atoms with Gasteiger partial charge in [-0.3, -0.25) is 19.9 Å². The molecule has 0 aliphatic carbocycles. The van der Waals surface area contributed by atoms with Gasteiger partial charge in [-0.25, -0.2) is 9.78 Å². The number of nitrogens with zero attached hydrogens (tertiary/aromatic N) is 4. The van der Waals surface area contributed by atoms with E-state index in [9.17, 15) is 14.4 Å². The van der Waals surface area contributed by atoms with E-state index in [0.29, 0.717) is 28.2 Å². The lowest BCUT2D eigenvalue weighted by Gasteiger charge is -2.28. The first-order valence-electron chi connectivity index (χ1n) is 11.5. The number of furan rings is 1. The number of hydrogen-bond acceptors (Lipinski definition) is 8. The Hall–Kier alpha value is -4.93. The van der Waals surface area contributed by atoms with Gasteiger partial charge in [0.25, 0.3) is 11.8 Å². The van der Waals surface area contributed by atoms with E-state index >= 15 is 0 Å². The standard InChI is InChI=1S/C26H22N6O5/c1-31(16-7-9-27-10-8-16)22-6-5-20-19(28-22)12-21(37-20)26(24(34)29-25(35)30-26)14-32-13-15-3-4-17(36-2)11-18(15)23(32)33/h3-12H,13-14H2,1-2H3,(H2,29,30,34,35). The van der Waals surface area contributed by atoms with Gasteiger partial charge in [0, 0.05) is 43.3 Å². The molecule has 3 aromatic heterocycles. The topological polar surface area (TPSA) is 130 Å². The summed E-state index contributed by atoms with van der Waals surface area (Å²) >= 11 is 0. The number of rotatable bonds is 6.